The number of aldehydes is 1. The predicted octanol–water partition coefficient (Wildman–Crippen LogP) is 1.13. The van der Waals surface area contributed by atoms with Gasteiger partial charge in [0.2, 0.25) is 0 Å². The number of pyridine rings is 1. The van der Waals surface area contributed by atoms with Gasteiger partial charge in [-0.25, -0.2) is 4.98 Å². The van der Waals surface area contributed by atoms with Crippen LogP contribution in [0.25, 0.3) is 0 Å². The SMILES string of the molecule is Nc1ccnc(Cl)c1C=O. The fourth-order valence-electron chi connectivity index (χ4n) is 0.578. The fourth-order valence-corrected chi connectivity index (χ4v) is 0.788. The van der Waals surface area contributed by atoms with E-state index in [4.69, 9.17) is 17.3 Å². The van der Waals surface area contributed by atoms with Crippen LogP contribution in [0.1, 0.15) is 10.4 Å². The lowest BCUT2D eigenvalue weighted by molar-refractivity contribution is 0.112. The smallest absolute Gasteiger partial charge is 0.155 e. The minimum Gasteiger partial charge on any atom is -0.398 e. The number of halogens is 1. The van der Waals surface area contributed by atoms with E-state index in [1.165, 1.54) is 12.3 Å². The lowest BCUT2D eigenvalue weighted by Crippen LogP contribution is -1.94. The Bertz CT molecular complexity index is 242. The molecule has 0 saturated heterocycles. The fraction of sp³-hybridized carbons (Fsp3) is 0. The highest BCUT2D eigenvalue weighted by Crippen LogP contribution is 2.15. The average Bonchev–Trinajstić information content (AvgIpc) is 1.88. The molecule has 0 fully saturated rings. The van der Waals surface area contributed by atoms with Crippen molar-refractivity contribution in [2.75, 3.05) is 5.73 Å². The summed E-state index contributed by atoms with van der Waals surface area (Å²) in [7, 11) is 0. The van der Waals surface area contributed by atoms with E-state index in [-0.39, 0.29) is 10.7 Å². The highest BCUT2D eigenvalue weighted by molar-refractivity contribution is 6.32. The summed E-state index contributed by atoms with van der Waals surface area (Å²) >= 11 is 5.51. The van der Waals surface area contributed by atoms with Gasteiger partial charge in [0.25, 0.3) is 0 Å². The highest BCUT2D eigenvalue weighted by Gasteiger charge is 2.01. The Balaban J connectivity index is 3.30. The summed E-state index contributed by atoms with van der Waals surface area (Å²) < 4.78 is 0. The molecular weight excluding hydrogens is 152 g/mol. The van der Waals surface area contributed by atoms with Crippen LogP contribution in [-0.4, -0.2) is 11.3 Å². The number of hydrogen-bond acceptors (Lipinski definition) is 3. The molecule has 0 saturated carbocycles. The van der Waals surface area contributed by atoms with E-state index < -0.39 is 0 Å². The van der Waals surface area contributed by atoms with Crippen LogP contribution >= 0.6 is 11.6 Å². The Hall–Kier alpha value is -1.09. The first-order valence-electron chi connectivity index (χ1n) is 2.61. The molecule has 3 nitrogen and oxygen atoms in total. The number of carbonyl (C=O) groups is 1. The molecule has 0 aliphatic carbocycles. The maximum absolute atomic E-state index is 10.2. The molecule has 0 aliphatic rings. The molecule has 0 unspecified atom stereocenters. The quantitative estimate of drug-likeness (QED) is 0.490. The van der Waals surface area contributed by atoms with Gasteiger partial charge in [-0.15, -0.1) is 0 Å². The number of nitrogen functional groups attached to an aromatic ring is 1. The van der Waals surface area contributed by atoms with E-state index >= 15 is 0 Å². The summed E-state index contributed by atoms with van der Waals surface area (Å²) in [5, 5.41) is 0.148. The van der Waals surface area contributed by atoms with Crippen LogP contribution in [0.2, 0.25) is 5.15 Å². The van der Waals surface area contributed by atoms with Crippen molar-refractivity contribution in [2.24, 2.45) is 0 Å². The summed E-state index contributed by atoms with van der Waals surface area (Å²) in [4.78, 5) is 13.9. The summed E-state index contributed by atoms with van der Waals surface area (Å²) in [6, 6.07) is 1.52. The standard InChI is InChI=1S/C6H5ClN2O/c7-6-4(3-10)5(8)1-2-9-6/h1-3H,(H2,8,9). The van der Waals surface area contributed by atoms with Gasteiger partial charge < -0.3 is 5.73 Å². The molecule has 1 rings (SSSR count). The zero-order valence-electron chi connectivity index (χ0n) is 5.04. The second kappa shape index (κ2) is 2.66. The van der Waals surface area contributed by atoms with Crippen molar-refractivity contribution in [3.05, 3.63) is 23.0 Å². The van der Waals surface area contributed by atoms with Gasteiger partial charge in [-0.1, -0.05) is 11.6 Å². The summed E-state index contributed by atoms with van der Waals surface area (Å²) in [6.45, 7) is 0. The van der Waals surface area contributed by atoms with E-state index in [0.29, 0.717) is 12.0 Å². The Morgan fingerprint density at radius 3 is 2.80 bits per heavy atom. The van der Waals surface area contributed by atoms with Gasteiger partial charge in [0.15, 0.2) is 6.29 Å². The van der Waals surface area contributed by atoms with Crippen molar-refractivity contribution in [3.63, 3.8) is 0 Å². The van der Waals surface area contributed by atoms with Crippen LogP contribution in [0, 0.1) is 0 Å². The Labute approximate surface area is 62.8 Å². The van der Waals surface area contributed by atoms with Crippen molar-refractivity contribution in [1.82, 2.24) is 4.98 Å². The molecule has 1 aromatic rings. The van der Waals surface area contributed by atoms with Gasteiger partial charge in [-0.05, 0) is 6.07 Å². The number of rotatable bonds is 1. The normalized spacial score (nSPS) is 9.30. The zero-order chi connectivity index (χ0) is 7.56. The molecule has 0 spiro atoms. The van der Waals surface area contributed by atoms with E-state index in [1.807, 2.05) is 0 Å². The first kappa shape index (κ1) is 7.02. The maximum Gasteiger partial charge on any atom is 0.155 e. The molecule has 0 aliphatic heterocycles. The molecule has 0 atom stereocenters. The van der Waals surface area contributed by atoms with Crippen molar-refractivity contribution in [1.29, 1.82) is 0 Å². The second-order valence-electron chi connectivity index (χ2n) is 1.72. The largest absolute Gasteiger partial charge is 0.398 e. The van der Waals surface area contributed by atoms with E-state index in [2.05, 4.69) is 4.98 Å². The molecule has 10 heavy (non-hydrogen) atoms. The molecule has 0 radical (unpaired) electrons. The Morgan fingerprint density at radius 1 is 1.70 bits per heavy atom. The molecule has 52 valence electrons. The molecule has 1 aromatic heterocycles. The van der Waals surface area contributed by atoms with Crippen molar-refractivity contribution in [3.8, 4) is 0 Å². The van der Waals surface area contributed by atoms with Gasteiger partial charge in [-0.3, -0.25) is 4.79 Å². The Morgan fingerprint density at radius 2 is 2.40 bits per heavy atom. The molecule has 4 heteroatoms. The first-order chi connectivity index (χ1) is 4.75. The molecule has 0 bridgehead atoms. The monoisotopic (exact) mass is 156 g/mol. The minimum atomic E-state index is 0.148. The van der Waals surface area contributed by atoms with Gasteiger partial charge >= 0.3 is 0 Å². The van der Waals surface area contributed by atoms with Crippen LogP contribution < -0.4 is 5.73 Å². The van der Waals surface area contributed by atoms with Gasteiger partial charge in [0.1, 0.15) is 5.15 Å². The maximum atomic E-state index is 10.2. The van der Waals surface area contributed by atoms with Crippen LogP contribution in [0.4, 0.5) is 5.69 Å². The van der Waals surface area contributed by atoms with Gasteiger partial charge in [0.05, 0.1) is 5.56 Å². The molecular formula is C6H5ClN2O. The van der Waals surface area contributed by atoms with Crippen molar-refractivity contribution >= 4 is 23.6 Å². The van der Waals surface area contributed by atoms with E-state index in [9.17, 15) is 4.79 Å². The highest BCUT2D eigenvalue weighted by atomic mass is 35.5. The molecule has 2 N–H and O–H groups in total. The molecule has 0 amide bonds. The van der Waals surface area contributed by atoms with Crippen LogP contribution in [0.3, 0.4) is 0 Å². The third kappa shape index (κ3) is 1.09. The number of aromatic nitrogens is 1. The first-order valence-corrected chi connectivity index (χ1v) is 2.98. The number of nitrogens with two attached hydrogens (primary N) is 1. The third-order valence-corrected chi connectivity index (χ3v) is 1.39. The molecule has 0 aromatic carbocycles. The number of anilines is 1. The predicted molar refractivity (Wildman–Crippen MR) is 39.0 cm³/mol. The number of carbonyl (C=O) groups excluding carboxylic acids is 1. The summed E-state index contributed by atoms with van der Waals surface area (Å²) in [6.07, 6.45) is 2.04. The van der Waals surface area contributed by atoms with E-state index in [0.717, 1.165) is 0 Å². The van der Waals surface area contributed by atoms with Crippen LogP contribution in [0.15, 0.2) is 12.3 Å². The zero-order valence-corrected chi connectivity index (χ0v) is 5.80. The van der Waals surface area contributed by atoms with Crippen molar-refractivity contribution in [2.45, 2.75) is 0 Å². The van der Waals surface area contributed by atoms with Crippen LogP contribution in [-0.2, 0) is 0 Å². The van der Waals surface area contributed by atoms with Crippen LogP contribution in [0.5, 0.6) is 0 Å². The molecule has 1 heterocycles. The van der Waals surface area contributed by atoms with Gasteiger partial charge in [0, 0.05) is 11.9 Å². The topological polar surface area (TPSA) is 56.0 Å². The summed E-state index contributed by atoms with van der Waals surface area (Å²) in [5.41, 5.74) is 5.99. The Kier molecular flexibility index (Phi) is 1.87. The number of nitrogens with zero attached hydrogens (tertiary/aromatic N) is 1. The van der Waals surface area contributed by atoms with Gasteiger partial charge in [-0.2, -0.15) is 0 Å². The number of hydrogen-bond donors (Lipinski definition) is 1. The van der Waals surface area contributed by atoms with E-state index in [1.54, 1.807) is 0 Å². The lowest BCUT2D eigenvalue weighted by Gasteiger charge is -1.96. The minimum absolute atomic E-state index is 0.148. The lowest BCUT2D eigenvalue weighted by atomic mass is 10.3. The average molecular weight is 157 g/mol. The van der Waals surface area contributed by atoms with Crippen molar-refractivity contribution < 1.29 is 4.79 Å². The summed E-state index contributed by atoms with van der Waals surface area (Å²) in [5.74, 6) is 0. The third-order valence-electron chi connectivity index (χ3n) is 1.09. The second-order valence-corrected chi connectivity index (χ2v) is 2.08.